The van der Waals surface area contributed by atoms with E-state index in [1.54, 1.807) is 6.20 Å². The zero-order chi connectivity index (χ0) is 10.7. The van der Waals surface area contributed by atoms with Gasteiger partial charge in [-0.3, -0.25) is 0 Å². The van der Waals surface area contributed by atoms with Crippen LogP contribution in [0.15, 0.2) is 47.2 Å². The molecule has 2 aromatic rings. The maximum Gasteiger partial charge on any atom is 0.113 e. The Kier molecular flexibility index (Phi) is 3.17. The van der Waals surface area contributed by atoms with Crippen LogP contribution >= 0.6 is 15.9 Å². The van der Waals surface area contributed by atoms with Crippen LogP contribution in [0.4, 0.5) is 0 Å². The van der Waals surface area contributed by atoms with Crippen LogP contribution in [0, 0.1) is 0 Å². The van der Waals surface area contributed by atoms with Crippen LogP contribution in [0.3, 0.4) is 0 Å². The van der Waals surface area contributed by atoms with E-state index in [1.807, 2.05) is 6.07 Å². The van der Waals surface area contributed by atoms with E-state index in [0.29, 0.717) is 0 Å². The number of pyridine rings is 1. The summed E-state index contributed by atoms with van der Waals surface area (Å²) < 4.78 is 0.897. The van der Waals surface area contributed by atoms with Gasteiger partial charge < -0.3 is 0 Å². The second kappa shape index (κ2) is 4.58. The fraction of sp³-hybridized carbons (Fsp3) is 0.154. The fourth-order valence-electron chi connectivity index (χ4n) is 1.52. The molecular formula is C13H12BrN. The molecule has 1 aromatic carbocycles. The summed E-state index contributed by atoms with van der Waals surface area (Å²) in [5.41, 5.74) is 3.70. The number of benzene rings is 1. The molecule has 15 heavy (non-hydrogen) atoms. The molecule has 0 saturated carbocycles. The van der Waals surface area contributed by atoms with Gasteiger partial charge in [-0.2, -0.15) is 0 Å². The van der Waals surface area contributed by atoms with Gasteiger partial charge in [0.05, 0.1) is 0 Å². The lowest BCUT2D eigenvalue weighted by atomic mass is 10.0. The first-order chi connectivity index (χ1) is 7.31. The monoisotopic (exact) mass is 261 g/mol. The minimum absolute atomic E-state index is 0.897. The standard InChI is InChI=1S/C13H12BrN/c1-2-10-5-7-11(8-6-10)12-4-3-9-15-13(12)14/h3-9H,2H2,1H3. The number of aryl methyl sites for hydroxylation is 1. The van der Waals surface area contributed by atoms with E-state index < -0.39 is 0 Å². The predicted octanol–water partition coefficient (Wildman–Crippen LogP) is 4.07. The lowest BCUT2D eigenvalue weighted by molar-refractivity contribution is 1.14. The molecule has 76 valence electrons. The molecule has 0 saturated heterocycles. The highest BCUT2D eigenvalue weighted by Gasteiger charge is 2.02. The first-order valence-corrected chi connectivity index (χ1v) is 5.80. The van der Waals surface area contributed by atoms with Crippen LogP contribution in [0.25, 0.3) is 11.1 Å². The molecule has 1 heterocycles. The molecule has 0 spiro atoms. The average Bonchev–Trinajstić information content (AvgIpc) is 2.30. The van der Waals surface area contributed by atoms with E-state index in [-0.39, 0.29) is 0 Å². The number of aromatic nitrogens is 1. The van der Waals surface area contributed by atoms with E-state index in [9.17, 15) is 0 Å². The molecular weight excluding hydrogens is 250 g/mol. The second-order valence-electron chi connectivity index (χ2n) is 3.39. The molecule has 0 fully saturated rings. The molecule has 0 radical (unpaired) electrons. The van der Waals surface area contributed by atoms with E-state index in [1.165, 1.54) is 11.1 Å². The Balaban J connectivity index is 2.42. The molecule has 0 aliphatic heterocycles. The summed E-state index contributed by atoms with van der Waals surface area (Å²) in [6, 6.07) is 12.6. The van der Waals surface area contributed by atoms with Crippen molar-refractivity contribution in [3.8, 4) is 11.1 Å². The SMILES string of the molecule is CCc1ccc(-c2cccnc2Br)cc1. The van der Waals surface area contributed by atoms with E-state index >= 15 is 0 Å². The van der Waals surface area contributed by atoms with Gasteiger partial charge in [0.1, 0.15) is 4.60 Å². The number of rotatable bonds is 2. The Hall–Kier alpha value is -1.15. The zero-order valence-corrected chi connectivity index (χ0v) is 10.2. The molecule has 0 aliphatic carbocycles. The molecule has 2 heteroatoms. The molecule has 2 rings (SSSR count). The van der Waals surface area contributed by atoms with Crippen molar-refractivity contribution in [1.29, 1.82) is 0 Å². The third kappa shape index (κ3) is 2.26. The van der Waals surface area contributed by atoms with Crippen molar-refractivity contribution in [2.24, 2.45) is 0 Å². The molecule has 0 amide bonds. The normalized spacial score (nSPS) is 10.3. The predicted molar refractivity (Wildman–Crippen MR) is 66.8 cm³/mol. The lowest BCUT2D eigenvalue weighted by Gasteiger charge is -2.04. The van der Waals surface area contributed by atoms with Crippen molar-refractivity contribution >= 4 is 15.9 Å². The Bertz CT molecular complexity index is 448. The van der Waals surface area contributed by atoms with Crippen molar-refractivity contribution in [2.75, 3.05) is 0 Å². The first-order valence-electron chi connectivity index (χ1n) is 5.01. The van der Waals surface area contributed by atoms with Crippen molar-refractivity contribution in [1.82, 2.24) is 4.98 Å². The summed E-state index contributed by atoms with van der Waals surface area (Å²) in [4.78, 5) is 4.21. The Morgan fingerprint density at radius 3 is 2.47 bits per heavy atom. The first kappa shape index (κ1) is 10.4. The Morgan fingerprint density at radius 2 is 1.87 bits per heavy atom. The lowest BCUT2D eigenvalue weighted by Crippen LogP contribution is -1.84. The van der Waals surface area contributed by atoms with Crippen LogP contribution in [-0.2, 0) is 6.42 Å². The van der Waals surface area contributed by atoms with Gasteiger partial charge >= 0.3 is 0 Å². The van der Waals surface area contributed by atoms with Gasteiger partial charge in [-0.15, -0.1) is 0 Å². The largest absolute Gasteiger partial charge is 0.249 e. The summed E-state index contributed by atoms with van der Waals surface area (Å²) >= 11 is 3.46. The molecule has 0 N–H and O–H groups in total. The summed E-state index contributed by atoms with van der Waals surface area (Å²) in [7, 11) is 0. The number of hydrogen-bond donors (Lipinski definition) is 0. The van der Waals surface area contributed by atoms with Crippen LogP contribution in [-0.4, -0.2) is 4.98 Å². The number of nitrogens with zero attached hydrogens (tertiary/aromatic N) is 1. The molecule has 1 aromatic heterocycles. The Morgan fingerprint density at radius 1 is 1.13 bits per heavy atom. The van der Waals surface area contributed by atoms with Crippen molar-refractivity contribution in [3.05, 3.63) is 52.8 Å². The zero-order valence-electron chi connectivity index (χ0n) is 8.57. The van der Waals surface area contributed by atoms with Gasteiger partial charge in [-0.05, 0) is 39.5 Å². The molecule has 1 nitrogen and oxygen atoms in total. The van der Waals surface area contributed by atoms with Gasteiger partial charge in [-0.25, -0.2) is 4.98 Å². The minimum Gasteiger partial charge on any atom is -0.249 e. The average molecular weight is 262 g/mol. The molecule has 0 unspecified atom stereocenters. The van der Waals surface area contributed by atoms with Gasteiger partial charge in [0.25, 0.3) is 0 Å². The summed E-state index contributed by atoms with van der Waals surface area (Å²) in [6.45, 7) is 2.16. The topological polar surface area (TPSA) is 12.9 Å². The van der Waals surface area contributed by atoms with E-state index in [2.05, 4.69) is 58.2 Å². The fourth-order valence-corrected chi connectivity index (χ4v) is 2.00. The number of hydrogen-bond acceptors (Lipinski definition) is 1. The van der Waals surface area contributed by atoms with E-state index in [0.717, 1.165) is 16.6 Å². The van der Waals surface area contributed by atoms with Crippen LogP contribution in [0.1, 0.15) is 12.5 Å². The van der Waals surface area contributed by atoms with Crippen molar-refractivity contribution in [3.63, 3.8) is 0 Å². The summed E-state index contributed by atoms with van der Waals surface area (Å²) in [6.07, 6.45) is 2.86. The summed E-state index contributed by atoms with van der Waals surface area (Å²) in [5.74, 6) is 0. The van der Waals surface area contributed by atoms with Crippen LogP contribution in [0.2, 0.25) is 0 Å². The molecule has 0 aliphatic rings. The third-order valence-corrected chi connectivity index (χ3v) is 3.06. The van der Waals surface area contributed by atoms with Crippen LogP contribution in [0.5, 0.6) is 0 Å². The van der Waals surface area contributed by atoms with Crippen LogP contribution < -0.4 is 0 Å². The second-order valence-corrected chi connectivity index (χ2v) is 4.14. The highest BCUT2D eigenvalue weighted by Crippen LogP contribution is 2.26. The van der Waals surface area contributed by atoms with Gasteiger partial charge in [0, 0.05) is 11.8 Å². The molecule has 0 bridgehead atoms. The van der Waals surface area contributed by atoms with E-state index in [4.69, 9.17) is 0 Å². The maximum absolute atomic E-state index is 4.21. The minimum atomic E-state index is 0.897. The smallest absolute Gasteiger partial charge is 0.113 e. The summed E-state index contributed by atoms with van der Waals surface area (Å²) in [5, 5.41) is 0. The molecule has 0 atom stereocenters. The van der Waals surface area contributed by atoms with Crippen molar-refractivity contribution < 1.29 is 0 Å². The number of halogens is 1. The quantitative estimate of drug-likeness (QED) is 0.743. The highest BCUT2D eigenvalue weighted by atomic mass is 79.9. The van der Waals surface area contributed by atoms with Gasteiger partial charge in [0.15, 0.2) is 0 Å². The van der Waals surface area contributed by atoms with Crippen molar-refractivity contribution in [2.45, 2.75) is 13.3 Å². The van der Waals surface area contributed by atoms with Gasteiger partial charge in [0.2, 0.25) is 0 Å². The third-order valence-electron chi connectivity index (χ3n) is 2.43. The maximum atomic E-state index is 4.21. The Labute approximate surface area is 98.3 Å². The highest BCUT2D eigenvalue weighted by molar-refractivity contribution is 9.10. The van der Waals surface area contributed by atoms with Gasteiger partial charge in [-0.1, -0.05) is 37.3 Å².